The lowest BCUT2D eigenvalue weighted by atomic mass is 10.1. The molecule has 33 heavy (non-hydrogen) atoms. The number of fused-ring (bicyclic) bond motifs is 1. The van der Waals surface area contributed by atoms with Crippen LogP contribution >= 0.6 is 23.2 Å². The maximum atomic E-state index is 13.3. The molecular formula is C26H21Cl2NO4. The van der Waals surface area contributed by atoms with Gasteiger partial charge in [-0.15, -0.1) is 0 Å². The molecule has 0 unspecified atom stereocenters. The van der Waals surface area contributed by atoms with Crippen molar-refractivity contribution in [2.24, 2.45) is 0 Å². The third-order valence-corrected chi connectivity index (χ3v) is 5.90. The lowest BCUT2D eigenvalue weighted by Crippen LogP contribution is -2.23. The zero-order valence-electron chi connectivity index (χ0n) is 18.3. The minimum atomic E-state index is -0.414. The number of ether oxygens (including phenoxy) is 1. The Bertz CT molecular complexity index is 1430. The molecule has 168 valence electrons. The molecule has 0 aliphatic carbocycles. The summed E-state index contributed by atoms with van der Waals surface area (Å²) in [5, 5.41) is 4.06. The summed E-state index contributed by atoms with van der Waals surface area (Å²) in [7, 11) is 0. The van der Waals surface area contributed by atoms with E-state index < -0.39 is 11.3 Å². The van der Waals surface area contributed by atoms with Crippen LogP contribution in [0.4, 0.5) is 5.69 Å². The van der Waals surface area contributed by atoms with Crippen LogP contribution in [0.1, 0.15) is 16.7 Å². The second-order valence-corrected chi connectivity index (χ2v) is 8.69. The van der Waals surface area contributed by atoms with Crippen molar-refractivity contribution in [2.45, 2.75) is 20.8 Å². The van der Waals surface area contributed by atoms with Crippen LogP contribution in [0.3, 0.4) is 0 Å². The molecule has 0 atom stereocenters. The number of nitrogens with one attached hydrogen (secondary N) is 1. The van der Waals surface area contributed by atoms with Crippen LogP contribution in [0, 0.1) is 20.8 Å². The molecule has 0 radical (unpaired) electrons. The van der Waals surface area contributed by atoms with Crippen molar-refractivity contribution in [3.05, 3.63) is 91.6 Å². The normalized spacial score (nSPS) is 10.9. The van der Waals surface area contributed by atoms with E-state index in [0.717, 1.165) is 16.7 Å². The van der Waals surface area contributed by atoms with E-state index in [2.05, 4.69) is 5.32 Å². The highest BCUT2D eigenvalue weighted by atomic mass is 35.5. The summed E-state index contributed by atoms with van der Waals surface area (Å²) >= 11 is 12.2. The van der Waals surface area contributed by atoms with E-state index in [1.54, 1.807) is 36.4 Å². The van der Waals surface area contributed by atoms with Gasteiger partial charge in [-0.3, -0.25) is 9.59 Å². The van der Waals surface area contributed by atoms with Crippen molar-refractivity contribution >= 4 is 45.8 Å². The van der Waals surface area contributed by atoms with Gasteiger partial charge < -0.3 is 14.5 Å². The smallest absolute Gasteiger partial charge is 0.262 e. The van der Waals surface area contributed by atoms with Gasteiger partial charge in [-0.25, -0.2) is 0 Å². The van der Waals surface area contributed by atoms with Crippen LogP contribution in [0.15, 0.2) is 63.8 Å². The van der Waals surface area contributed by atoms with E-state index in [-0.39, 0.29) is 23.5 Å². The SMILES string of the molecule is Cc1ccc(NC(=O)COc2c(-c3ccc(Cl)cc3)oc3cc(C)c(Cl)cc3c2=O)c(C)c1. The van der Waals surface area contributed by atoms with Crippen LogP contribution in [-0.4, -0.2) is 12.5 Å². The molecule has 5 nitrogen and oxygen atoms in total. The number of benzene rings is 3. The highest BCUT2D eigenvalue weighted by Crippen LogP contribution is 2.33. The number of rotatable bonds is 5. The molecule has 0 aliphatic rings. The van der Waals surface area contributed by atoms with Crippen molar-refractivity contribution in [3.63, 3.8) is 0 Å². The number of carbonyl (C=O) groups is 1. The summed E-state index contributed by atoms with van der Waals surface area (Å²) < 4.78 is 11.8. The molecule has 4 aromatic rings. The average Bonchev–Trinajstić information content (AvgIpc) is 2.77. The first-order chi connectivity index (χ1) is 15.7. The summed E-state index contributed by atoms with van der Waals surface area (Å²) in [5.74, 6) is -0.254. The molecule has 1 amide bonds. The molecule has 0 saturated carbocycles. The highest BCUT2D eigenvalue weighted by molar-refractivity contribution is 6.32. The lowest BCUT2D eigenvalue weighted by Gasteiger charge is -2.13. The summed E-state index contributed by atoms with van der Waals surface area (Å²) in [6.07, 6.45) is 0. The number of amides is 1. The number of hydrogen-bond acceptors (Lipinski definition) is 4. The first-order valence-corrected chi connectivity index (χ1v) is 11.0. The maximum absolute atomic E-state index is 13.3. The second-order valence-electron chi connectivity index (χ2n) is 7.85. The number of halogens is 2. The third kappa shape index (κ3) is 4.90. The van der Waals surface area contributed by atoms with Gasteiger partial charge in [0.1, 0.15) is 5.58 Å². The van der Waals surface area contributed by atoms with Crippen molar-refractivity contribution in [1.82, 2.24) is 0 Å². The average molecular weight is 482 g/mol. The van der Waals surface area contributed by atoms with Crippen LogP contribution in [0.5, 0.6) is 5.75 Å². The van der Waals surface area contributed by atoms with Crippen LogP contribution in [-0.2, 0) is 4.79 Å². The quantitative estimate of drug-likeness (QED) is 0.343. The molecule has 4 rings (SSSR count). The fraction of sp³-hybridized carbons (Fsp3) is 0.154. The Hall–Kier alpha value is -3.28. The largest absolute Gasteiger partial charge is 0.476 e. The van der Waals surface area contributed by atoms with Gasteiger partial charge >= 0.3 is 0 Å². The molecule has 0 fully saturated rings. The van der Waals surface area contributed by atoms with Crippen molar-refractivity contribution < 1.29 is 13.9 Å². The Labute approximate surface area is 200 Å². The Morgan fingerprint density at radius 3 is 2.39 bits per heavy atom. The predicted octanol–water partition coefficient (Wildman–Crippen LogP) is 6.71. The first-order valence-electron chi connectivity index (χ1n) is 10.3. The van der Waals surface area contributed by atoms with Crippen LogP contribution in [0.25, 0.3) is 22.3 Å². The minimum absolute atomic E-state index is 0.0690. The van der Waals surface area contributed by atoms with Gasteiger partial charge in [0.15, 0.2) is 12.4 Å². The van der Waals surface area contributed by atoms with E-state index in [1.807, 2.05) is 39.0 Å². The van der Waals surface area contributed by atoms with Gasteiger partial charge in [-0.1, -0.05) is 40.9 Å². The van der Waals surface area contributed by atoms with Crippen molar-refractivity contribution in [3.8, 4) is 17.1 Å². The summed E-state index contributed by atoms with van der Waals surface area (Å²) in [6, 6.07) is 15.8. The third-order valence-electron chi connectivity index (χ3n) is 5.24. The molecule has 7 heteroatoms. The highest BCUT2D eigenvalue weighted by Gasteiger charge is 2.20. The summed E-state index contributed by atoms with van der Waals surface area (Å²) in [4.78, 5) is 25.9. The van der Waals surface area contributed by atoms with E-state index in [0.29, 0.717) is 26.9 Å². The topological polar surface area (TPSA) is 68.5 Å². The molecule has 3 aromatic carbocycles. The van der Waals surface area contributed by atoms with Crippen molar-refractivity contribution in [1.29, 1.82) is 0 Å². The second kappa shape index (κ2) is 9.30. The number of aryl methyl sites for hydroxylation is 3. The van der Waals surface area contributed by atoms with Gasteiger partial charge in [-0.2, -0.15) is 0 Å². The molecule has 1 aromatic heterocycles. The zero-order chi connectivity index (χ0) is 23.7. The van der Waals surface area contributed by atoms with Gasteiger partial charge in [0.2, 0.25) is 11.2 Å². The fourth-order valence-corrected chi connectivity index (χ4v) is 3.79. The predicted molar refractivity (Wildman–Crippen MR) is 133 cm³/mol. The Morgan fingerprint density at radius 1 is 0.970 bits per heavy atom. The molecular weight excluding hydrogens is 461 g/mol. The number of hydrogen-bond donors (Lipinski definition) is 1. The van der Waals surface area contributed by atoms with Gasteiger partial charge in [0.25, 0.3) is 5.91 Å². The standard InChI is InChI=1S/C26H21Cl2NO4/c1-14-4-9-21(16(3)10-14)29-23(30)13-32-26-24(31)19-12-20(28)15(2)11-22(19)33-25(26)17-5-7-18(27)8-6-17/h4-12H,13H2,1-3H3,(H,29,30). The van der Waals surface area contributed by atoms with E-state index >= 15 is 0 Å². The lowest BCUT2D eigenvalue weighted by molar-refractivity contribution is -0.118. The number of anilines is 1. The Balaban J connectivity index is 1.71. The molecule has 0 saturated heterocycles. The van der Waals surface area contributed by atoms with Crippen molar-refractivity contribution in [2.75, 3.05) is 11.9 Å². The van der Waals surface area contributed by atoms with E-state index in [9.17, 15) is 9.59 Å². The zero-order valence-corrected chi connectivity index (χ0v) is 19.8. The Kier molecular flexibility index (Phi) is 6.45. The Morgan fingerprint density at radius 2 is 1.70 bits per heavy atom. The van der Waals surface area contributed by atoms with Gasteiger partial charge in [0.05, 0.1) is 5.39 Å². The molecule has 0 spiro atoms. The first kappa shape index (κ1) is 22.9. The molecule has 0 bridgehead atoms. The monoisotopic (exact) mass is 481 g/mol. The van der Waals surface area contributed by atoms with E-state index in [1.165, 1.54) is 0 Å². The molecule has 1 N–H and O–H groups in total. The summed E-state index contributed by atoms with van der Waals surface area (Å²) in [6.45, 7) is 5.34. The maximum Gasteiger partial charge on any atom is 0.262 e. The van der Waals surface area contributed by atoms with Crippen LogP contribution in [0.2, 0.25) is 10.0 Å². The summed E-state index contributed by atoms with van der Waals surface area (Å²) in [5.41, 5.74) is 4.03. The fourth-order valence-electron chi connectivity index (χ4n) is 3.50. The minimum Gasteiger partial charge on any atom is -0.476 e. The van der Waals surface area contributed by atoms with Crippen LogP contribution < -0.4 is 15.5 Å². The van der Waals surface area contributed by atoms with E-state index in [4.69, 9.17) is 32.4 Å². The van der Waals surface area contributed by atoms with Gasteiger partial charge in [0, 0.05) is 21.3 Å². The van der Waals surface area contributed by atoms with Gasteiger partial charge in [-0.05, 0) is 74.4 Å². The number of carbonyl (C=O) groups excluding carboxylic acids is 1. The molecule has 0 aliphatic heterocycles. The molecule has 1 heterocycles.